The van der Waals surface area contributed by atoms with Gasteiger partial charge in [0.15, 0.2) is 0 Å². The minimum Gasteiger partial charge on any atom is -0.276 e. The first-order valence-electron chi connectivity index (χ1n) is 20.8. The van der Waals surface area contributed by atoms with Crippen LogP contribution in [-0.4, -0.2) is 25.8 Å². The first kappa shape index (κ1) is 35.0. The fourth-order valence-corrected chi connectivity index (χ4v) is 9.33. The predicted octanol–water partition coefficient (Wildman–Crippen LogP) is 14.2. The van der Waals surface area contributed by atoms with Crippen molar-refractivity contribution in [2.75, 3.05) is 0 Å². The second kappa shape index (κ2) is 14.1. The molecule has 1 aliphatic heterocycles. The number of imidazole rings is 1. The third-order valence-electron chi connectivity index (χ3n) is 12.2. The van der Waals surface area contributed by atoms with Crippen LogP contribution in [0.15, 0.2) is 204 Å². The first-order chi connectivity index (χ1) is 30.2. The summed E-state index contributed by atoms with van der Waals surface area (Å²) in [5.41, 5.74) is 17.0. The molecule has 0 atom stereocenters. The molecular formula is C56H37N5. The van der Waals surface area contributed by atoms with E-state index in [1.54, 1.807) is 0 Å². The molecule has 286 valence electrons. The SMILES string of the molecule is C/C(=N\c1ccccc1C1=Nc2ccccc2C1)c1ccc(-c2c3ccccc3c(-c3cccc(-c4nc5ccccc5c5nc6ccccc6n45)c3)c3ccccc23)cc1. The van der Waals surface area contributed by atoms with Crippen molar-refractivity contribution >= 4 is 71.9 Å². The van der Waals surface area contributed by atoms with E-state index < -0.39 is 0 Å². The zero-order chi connectivity index (χ0) is 40.4. The van der Waals surface area contributed by atoms with Crippen molar-refractivity contribution in [3.63, 3.8) is 0 Å². The standard InChI is InChI=1S/C56H37N5/c1-35(57-48-25-10-7-22-45(48)51-34-38-15-2-9-24-47(38)58-51)36-29-31-37(32-30-36)53-41-18-3-5-20-43(41)54(44-21-6-4-19-42(44)53)39-16-14-17-40(33-39)55-59-49-26-11-8-23-46(49)56-60-50-27-12-13-28-52(50)61(55)56/h2-33H,34H2,1H3/b57-35+. The number of para-hydroxylation sites is 5. The van der Waals surface area contributed by atoms with Crippen molar-refractivity contribution in [3.05, 3.63) is 211 Å². The van der Waals surface area contributed by atoms with Gasteiger partial charge in [-0.1, -0.05) is 152 Å². The number of aromatic nitrogens is 3. The van der Waals surface area contributed by atoms with Crippen molar-refractivity contribution in [3.8, 4) is 33.6 Å². The van der Waals surface area contributed by atoms with Crippen molar-refractivity contribution in [2.24, 2.45) is 9.98 Å². The molecule has 0 bridgehead atoms. The number of hydrogen-bond acceptors (Lipinski definition) is 4. The molecule has 1 aliphatic rings. The number of aliphatic imine (C=N–C) groups is 2. The summed E-state index contributed by atoms with van der Waals surface area (Å²) in [6.07, 6.45) is 0.816. The summed E-state index contributed by atoms with van der Waals surface area (Å²) in [6, 6.07) is 68.7. The monoisotopic (exact) mass is 779 g/mol. The van der Waals surface area contributed by atoms with Gasteiger partial charge in [-0.3, -0.25) is 14.4 Å². The van der Waals surface area contributed by atoms with Gasteiger partial charge in [-0.05, 0) is 104 Å². The molecule has 12 rings (SSSR count). The van der Waals surface area contributed by atoms with Crippen LogP contribution in [0.3, 0.4) is 0 Å². The summed E-state index contributed by atoms with van der Waals surface area (Å²) in [4.78, 5) is 20.5. The molecule has 0 N–H and O–H groups in total. The summed E-state index contributed by atoms with van der Waals surface area (Å²) < 4.78 is 2.22. The Morgan fingerprint density at radius 2 is 1.11 bits per heavy atom. The van der Waals surface area contributed by atoms with Crippen LogP contribution in [0.4, 0.5) is 11.4 Å². The summed E-state index contributed by atoms with van der Waals surface area (Å²) in [7, 11) is 0. The molecular weight excluding hydrogens is 743 g/mol. The quantitative estimate of drug-likeness (QED) is 0.125. The summed E-state index contributed by atoms with van der Waals surface area (Å²) in [5.74, 6) is 0.870. The van der Waals surface area contributed by atoms with Crippen LogP contribution in [0.5, 0.6) is 0 Å². The molecule has 5 heteroatoms. The minimum atomic E-state index is 0.816. The topological polar surface area (TPSA) is 54.9 Å². The van der Waals surface area contributed by atoms with Crippen molar-refractivity contribution in [1.29, 1.82) is 0 Å². The van der Waals surface area contributed by atoms with Gasteiger partial charge >= 0.3 is 0 Å². The highest BCUT2D eigenvalue weighted by Gasteiger charge is 2.21. The Bertz CT molecular complexity index is 3570. The van der Waals surface area contributed by atoms with Gasteiger partial charge in [0.25, 0.3) is 0 Å². The van der Waals surface area contributed by atoms with E-state index in [9.17, 15) is 0 Å². The molecule has 0 saturated carbocycles. The lowest BCUT2D eigenvalue weighted by molar-refractivity contribution is 1.16. The largest absolute Gasteiger partial charge is 0.276 e. The maximum absolute atomic E-state index is 5.29. The van der Waals surface area contributed by atoms with Crippen molar-refractivity contribution in [1.82, 2.24) is 14.4 Å². The first-order valence-corrected chi connectivity index (χ1v) is 20.8. The molecule has 0 radical (unpaired) electrons. The second-order valence-electron chi connectivity index (χ2n) is 15.8. The van der Waals surface area contributed by atoms with E-state index in [4.69, 9.17) is 20.0 Å². The third-order valence-corrected chi connectivity index (χ3v) is 12.2. The van der Waals surface area contributed by atoms with Gasteiger partial charge in [-0.15, -0.1) is 0 Å². The molecule has 0 saturated heterocycles. The molecule has 0 unspecified atom stereocenters. The van der Waals surface area contributed by atoms with Gasteiger partial charge in [0, 0.05) is 28.6 Å². The maximum atomic E-state index is 5.29. The number of rotatable bonds is 6. The number of hydrogen-bond donors (Lipinski definition) is 0. The number of fused-ring (bicyclic) bond motifs is 8. The van der Waals surface area contributed by atoms with Crippen molar-refractivity contribution in [2.45, 2.75) is 13.3 Å². The third kappa shape index (κ3) is 5.77. The highest BCUT2D eigenvalue weighted by atomic mass is 15.1. The van der Waals surface area contributed by atoms with Crippen molar-refractivity contribution < 1.29 is 0 Å². The normalized spacial score (nSPS) is 12.8. The zero-order valence-corrected chi connectivity index (χ0v) is 33.4. The predicted molar refractivity (Wildman–Crippen MR) is 254 cm³/mol. The molecule has 0 aliphatic carbocycles. The van der Waals surface area contributed by atoms with Gasteiger partial charge in [0.1, 0.15) is 11.5 Å². The van der Waals surface area contributed by atoms with Gasteiger partial charge in [0.2, 0.25) is 0 Å². The lowest BCUT2D eigenvalue weighted by Crippen LogP contribution is -2.02. The molecule has 9 aromatic carbocycles. The minimum absolute atomic E-state index is 0.816. The molecule has 0 spiro atoms. The van der Waals surface area contributed by atoms with E-state index in [1.807, 2.05) is 18.2 Å². The van der Waals surface area contributed by atoms with E-state index >= 15 is 0 Å². The average molecular weight is 780 g/mol. The summed E-state index contributed by atoms with van der Waals surface area (Å²) in [5, 5.41) is 5.85. The Kier molecular flexibility index (Phi) is 8.07. The fourth-order valence-electron chi connectivity index (χ4n) is 9.33. The fraction of sp³-hybridized carbons (Fsp3) is 0.0357. The smallest absolute Gasteiger partial charge is 0.149 e. The van der Waals surface area contributed by atoms with Gasteiger partial charge in [-0.25, -0.2) is 9.97 Å². The van der Waals surface area contributed by atoms with E-state index in [2.05, 4.69) is 187 Å². The van der Waals surface area contributed by atoms with Crippen LogP contribution >= 0.6 is 0 Å². The molecule has 61 heavy (non-hydrogen) atoms. The molecule has 0 amide bonds. The van der Waals surface area contributed by atoms with E-state index in [0.717, 1.165) is 90.4 Å². The van der Waals surface area contributed by atoms with Crippen LogP contribution in [0, 0.1) is 0 Å². The van der Waals surface area contributed by atoms with Crippen LogP contribution in [-0.2, 0) is 6.42 Å². The lowest BCUT2D eigenvalue weighted by atomic mass is 9.85. The van der Waals surface area contributed by atoms with Gasteiger partial charge < -0.3 is 0 Å². The van der Waals surface area contributed by atoms with Crippen LogP contribution in [0.2, 0.25) is 0 Å². The summed E-state index contributed by atoms with van der Waals surface area (Å²) >= 11 is 0. The van der Waals surface area contributed by atoms with Gasteiger partial charge in [-0.2, -0.15) is 0 Å². The second-order valence-corrected chi connectivity index (χ2v) is 15.8. The Balaban J connectivity index is 0.964. The molecule has 3 heterocycles. The highest BCUT2D eigenvalue weighted by Crippen LogP contribution is 2.44. The van der Waals surface area contributed by atoms with E-state index in [0.29, 0.717) is 0 Å². The van der Waals surface area contributed by atoms with E-state index in [-0.39, 0.29) is 0 Å². The van der Waals surface area contributed by atoms with Crippen LogP contribution in [0.1, 0.15) is 23.6 Å². The Hall–Kier alpha value is -8.02. The number of nitrogens with zero attached hydrogens (tertiary/aromatic N) is 5. The Morgan fingerprint density at radius 1 is 0.508 bits per heavy atom. The Morgan fingerprint density at radius 3 is 1.87 bits per heavy atom. The molecule has 5 nitrogen and oxygen atoms in total. The molecule has 2 aromatic heterocycles. The van der Waals surface area contributed by atoms with Crippen LogP contribution in [0.25, 0.3) is 82.8 Å². The zero-order valence-electron chi connectivity index (χ0n) is 33.4. The lowest BCUT2D eigenvalue weighted by Gasteiger charge is -2.18. The van der Waals surface area contributed by atoms with Gasteiger partial charge in [0.05, 0.1) is 33.6 Å². The Labute approximate surface area is 352 Å². The molecule has 11 aromatic rings. The summed E-state index contributed by atoms with van der Waals surface area (Å²) in [6.45, 7) is 2.10. The molecule has 0 fully saturated rings. The number of benzene rings is 9. The highest BCUT2D eigenvalue weighted by molar-refractivity contribution is 6.21. The van der Waals surface area contributed by atoms with Crippen LogP contribution < -0.4 is 0 Å². The average Bonchev–Trinajstić information content (AvgIpc) is 3.93. The van der Waals surface area contributed by atoms with E-state index in [1.165, 1.54) is 38.2 Å². The maximum Gasteiger partial charge on any atom is 0.149 e.